The van der Waals surface area contributed by atoms with Crippen LogP contribution in [-0.2, 0) is 6.54 Å². The molecule has 0 aliphatic carbocycles. The molecule has 0 saturated heterocycles. The first kappa shape index (κ1) is 11.4. The summed E-state index contributed by atoms with van der Waals surface area (Å²) in [6.07, 6.45) is 3.63. The number of imidazole rings is 1. The number of aromatic nitrogens is 2. The largest absolute Gasteiger partial charge is 0.387 e. The fraction of sp³-hybridized carbons (Fsp3) is 0.0769. The van der Waals surface area contributed by atoms with Gasteiger partial charge in [0.05, 0.1) is 6.54 Å². The number of hydrogen-bond acceptors (Lipinski definition) is 3. The summed E-state index contributed by atoms with van der Waals surface area (Å²) in [7, 11) is 0. The Morgan fingerprint density at radius 2 is 2.22 bits per heavy atom. The number of nitrogens with zero attached hydrogens (tertiary/aromatic N) is 2. The van der Waals surface area contributed by atoms with E-state index < -0.39 is 0 Å². The minimum Gasteiger partial charge on any atom is -0.387 e. The van der Waals surface area contributed by atoms with Crippen molar-refractivity contribution in [3.63, 3.8) is 0 Å². The van der Waals surface area contributed by atoms with Gasteiger partial charge in [0.25, 0.3) is 0 Å². The molecule has 0 saturated carbocycles. The van der Waals surface area contributed by atoms with Crippen LogP contribution < -0.4 is 5.73 Å². The Kier molecular flexibility index (Phi) is 2.85. The van der Waals surface area contributed by atoms with Crippen LogP contribution >= 0.6 is 23.6 Å². The normalized spacial score (nSPS) is 10.9. The Morgan fingerprint density at radius 3 is 3.06 bits per heavy atom. The standard InChI is InChI=1S/C13H11N3S2/c14-12(17)13-15-5-6-16(13)7-9-8-18-11-4-2-1-3-10(9)11/h1-6,8H,7H2,(H2,14,17). The summed E-state index contributed by atoms with van der Waals surface area (Å²) in [4.78, 5) is 4.51. The van der Waals surface area contributed by atoms with Crippen LogP contribution in [0.15, 0.2) is 42.0 Å². The first-order valence-corrected chi connectivity index (χ1v) is 6.80. The van der Waals surface area contributed by atoms with Gasteiger partial charge in [-0.2, -0.15) is 0 Å². The highest BCUT2D eigenvalue weighted by Crippen LogP contribution is 2.26. The van der Waals surface area contributed by atoms with E-state index in [9.17, 15) is 0 Å². The van der Waals surface area contributed by atoms with Crippen molar-refractivity contribution in [3.05, 3.63) is 53.4 Å². The first-order valence-electron chi connectivity index (χ1n) is 5.52. The van der Waals surface area contributed by atoms with Gasteiger partial charge in [0, 0.05) is 17.1 Å². The predicted molar refractivity (Wildman–Crippen MR) is 79.0 cm³/mol. The third-order valence-corrected chi connectivity index (χ3v) is 4.03. The van der Waals surface area contributed by atoms with E-state index in [-0.39, 0.29) is 0 Å². The molecule has 3 aromatic rings. The van der Waals surface area contributed by atoms with Crippen molar-refractivity contribution >= 4 is 38.6 Å². The smallest absolute Gasteiger partial charge is 0.167 e. The highest BCUT2D eigenvalue weighted by Gasteiger charge is 2.08. The lowest BCUT2D eigenvalue weighted by molar-refractivity contribution is 0.795. The molecule has 18 heavy (non-hydrogen) atoms. The van der Waals surface area contributed by atoms with E-state index in [0.717, 1.165) is 6.54 Å². The number of thiophene rings is 1. The van der Waals surface area contributed by atoms with Gasteiger partial charge in [-0.3, -0.25) is 0 Å². The molecule has 2 N–H and O–H groups in total. The van der Waals surface area contributed by atoms with E-state index in [1.807, 2.05) is 10.8 Å². The Bertz CT molecular complexity index is 712. The van der Waals surface area contributed by atoms with Crippen molar-refractivity contribution in [2.45, 2.75) is 6.54 Å². The number of rotatable bonds is 3. The van der Waals surface area contributed by atoms with Crippen molar-refractivity contribution in [1.82, 2.24) is 9.55 Å². The van der Waals surface area contributed by atoms with Gasteiger partial charge in [-0.15, -0.1) is 11.3 Å². The second-order valence-electron chi connectivity index (χ2n) is 4.00. The molecule has 3 rings (SSSR count). The summed E-state index contributed by atoms with van der Waals surface area (Å²) in [5, 5.41) is 3.46. The molecular weight excluding hydrogens is 262 g/mol. The quantitative estimate of drug-likeness (QED) is 0.746. The molecule has 0 aliphatic rings. The second kappa shape index (κ2) is 4.51. The summed E-state index contributed by atoms with van der Waals surface area (Å²) in [5.41, 5.74) is 6.92. The van der Waals surface area contributed by atoms with Crippen molar-refractivity contribution in [3.8, 4) is 0 Å². The van der Waals surface area contributed by atoms with Gasteiger partial charge in [-0.25, -0.2) is 4.98 Å². The van der Waals surface area contributed by atoms with E-state index in [2.05, 4.69) is 34.6 Å². The molecule has 0 aliphatic heterocycles. The monoisotopic (exact) mass is 273 g/mol. The minimum atomic E-state index is 0.333. The Morgan fingerprint density at radius 1 is 1.39 bits per heavy atom. The highest BCUT2D eigenvalue weighted by molar-refractivity contribution is 7.80. The van der Waals surface area contributed by atoms with Crippen molar-refractivity contribution < 1.29 is 0 Å². The van der Waals surface area contributed by atoms with Crippen molar-refractivity contribution in [2.75, 3.05) is 0 Å². The summed E-state index contributed by atoms with van der Waals surface area (Å²) in [5.74, 6) is 0.667. The van der Waals surface area contributed by atoms with Crippen LogP contribution in [0.1, 0.15) is 11.4 Å². The van der Waals surface area contributed by atoms with E-state index >= 15 is 0 Å². The zero-order valence-electron chi connectivity index (χ0n) is 9.54. The van der Waals surface area contributed by atoms with Gasteiger partial charge in [0.1, 0.15) is 4.99 Å². The second-order valence-corrected chi connectivity index (χ2v) is 5.35. The molecule has 0 spiro atoms. The number of nitrogens with two attached hydrogens (primary N) is 1. The molecule has 2 aromatic heterocycles. The van der Waals surface area contributed by atoms with E-state index in [1.54, 1.807) is 17.5 Å². The number of fused-ring (bicyclic) bond motifs is 1. The summed E-state index contributed by atoms with van der Waals surface area (Å²) in [6, 6.07) is 8.38. The van der Waals surface area contributed by atoms with Crippen molar-refractivity contribution in [2.24, 2.45) is 5.73 Å². The molecule has 0 bridgehead atoms. The molecule has 0 unspecified atom stereocenters. The summed E-state index contributed by atoms with van der Waals surface area (Å²) in [6.45, 7) is 0.747. The molecule has 0 amide bonds. The molecule has 0 radical (unpaired) electrons. The van der Waals surface area contributed by atoms with Crippen LogP contribution in [0.25, 0.3) is 10.1 Å². The van der Waals surface area contributed by atoms with Crippen LogP contribution in [0.3, 0.4) is 0 Å². The molecular formula is C13H11N3S2. The van der Waals surface area contributed by atoms with Gasteiger partial charge >= 0.3 is 0 Å². The Labute approximate surface area is 114 Å². The Balaban J connectivity index is 2.02. The van der Waals surface area contributed by atoms with Crippen LogP contribution in [0.4, 0.5) is 0 Å². The molecule has 0 fully saturated rings. The van der Waals surface area contributed by atoms with E-state index in [4.69, 9.17) is 18.0 Å². The molecule has 2 heterocycles. The summed E-state index contributed by atoms with van der Waals surface area (Å²) >= 11 is 6.74. The SMILES string of the molecule is NC(=S)c1nccn1Cc1csc2ccccc12. The minimum absolute atomic E-state index is 0.333. The van der Waals surface area contributed by atoms with Gasteiger partial charge in [0.2, 0.25) is 0 Å². The maximum Gasteiger partial charge on any atom is 0.167 e. The molecule has 5 heteroatoms. The average Bonchev–Trinajstić information content (AvgIpc) is 2.97. The maximum atomic E-state index is 5.65. The number of thiocarbonyl (C=S) groups is 1. The van der Waals surface area contributed by atoms with Crippen LogP contribution in [-0.4, -0.2) is 14.5 Å². The van der Waals surface area contributed by atoms with E-state index in [0.29, 0.717) is 10.8 Å². The van der Waals surface area contributed by atoms with Crippen molar-refractivity contribution in [1.29, 1.82) is 0 Å². The van der Waals surface area contributed by atoms with Crippen LogP contribution in [0, 0.1) is 0 Å². The number of benzene rings is 1. The van der Waals surface area contributed by atoms with Gasteiger partial charge in [-0.05, 0) is 22.4 Å². The van der Waals surface area contributed by atoms with E-state index in [1.165, 1.54) is 15.6 Å². The Hall–Kier alpha value is -1.72. The first-order chi connectivity index (χ1) is 8.75. The predicted octanol–water partition coefficient (Wildman–Crippen LogP) is 2.78. The lowest BCUT2D eigenvalue weighted by atomic mass is 10.2. The third kappa shape index (κ3) is 1.91. The highest BCUT2D eigenvalue weighted by atomic mass is 32.1. The van der Waals surface area contributed by atoms with Crippen LogP contribution in [0.5, 0.6) is 0 Å². The maximum absolute atomic E-state index is 5.65. The molecule has 90 valence electrons. The lowest BCUT2D eigenvalue weighted by Gasteiger charge is -2.05. The third-order valence-electron chi connectivity index (χ3n) is 2.84. The zero-order valence-corrected chi connectivity index (χ0v) is 11.2. The zero-order chi connectivity index (χ0) is 12.5. The molecule has 3 nitrogen and oxygen atoms in total. The van der Waals surface area contributed by atoms with Crippen LogP contribution in [0.2, 0.25) is 0 Å². The molecule has 1 aromatic carbocycles. The topological polar surface area (TPSA) is 43.8 Å². The number of hydrogen-bond donors (Lipinski definition) is 1. The fourth-order valence-corrected chi connectivity index (χ4v) is 3.12. The van der Waals surface area contributed by atoms with Gasteiger partial charge in [0.15, 0.2) is 5.82 Å². The molecule has 0 atom stereocenters. The average molecular weight is 273 g/mol. The summed E-state index contributed by atoms with van der Waals surface area (Å²) < 4.78 is 3.28. The van der Waals surface area contributed by atoms with Gasteiger partial charge < -0.3 is 10.3 Å². The van der Waals surface area contributed by atoms with Gasteiger partial charge in [-0.1, -0.05) is 30.4 Å². The fourth-order valence-electron chi connectivity index (χ4n) is 2.00. The lowest BCUT2D eigenvalue weighted by Crippen LogP contribution is -2.17.